The number of amides is 8. The van der Waals surface area contributed by atoms with Crippen LogP contribution in [-0.4, -0.2) is 135 Å². The molecular formula is C50H71N15O10. The highest BCUT2D eigenvalue weighted by atomic mass is 16.4. The fourth-order valence-electron chi connectivity index (χ4n) is 8.04. The Morgan fingerprint density at radius 1 is 0.653 bits per heavy atom. The lowest BCUT2D eigenvalue weighted by Gasteiger charge is -2.28. The number of rotatable bonds is 33. The maximum atomic E-state index is 14.7. The van der Waals surface area contributed by atoms with Gasteiger partial charge in [-0.2, -0.15) is 0 Å². The quantitative estimate of drug-likeness (QED) is 0.0149. The SMILES string of the molecule is [2H]N(C(=O)[C@H](CC(=O)O)NC(=O)[C@H](CCCC)NC(C)=O)[C@@H](Cc1cnc[nH]1)C(=O)N[C@@H](Cc1ccccc1)C(=O)N[C@@H](CCCN=C(N)N)C(=O)N[C@@H](Cc1c[nH]c2ccccc12)C(=O)N[C@@H](CCCCN)C(N)=O. The molecule has 75 heavy (non-hydrogen) atoms. The Morgan fingerprint density at radius 2 is 1.23 bits per heavy atom. The molecule has 0 saturated carbocycles. The van der Waals surface area contributed by atoms with Gasteiger partial charge in [-0.05, 0) is 62.3 Å². The van der Waals surface area contributed by atoms with Crippen LogP contribution in [0.3, 0.4) is 0 Å². The van der Waals surface area contributed by atoms with E-state index in [2.05, 4.69) is 51.8 Å². The maximum Gasteiger partial charge on any atom is 0.305 e. The number of aliphatic carboxylic acids is 1. The van der Waals surface area contributed by atoms with Crippen LogP contribution < -0.4 is 60.1 Å². The normalized spacial score (nSPS) is 14.0. The topological polar surface area (TPSA) is 419 Å². The van der Waals surface area contributed by atoms with Crippen molar-refractivity contribution in [3.05, 3.63) is 90.1 Å². The van der Waals surface area contributed by atoms with Gasteiger partial charge in [0.05, 0.1) is 12.7 Å². The molecule has 7 atom stereocenters. The van der Waals surface area contributed by atoms with Crippen LogP contribution in [0.5, 0.6) is 0 Å². The minimum atomic E-state index is -1.89. The fourth-order valence-corrected chi connectivity index (χ4v) is 8.04. The van der Waals surface area contributed by atoms with E-state index in [0.29, 0.717) is 43.4 Å². The zero-order valence-electron chi connectivity index (χ0n) is 43.1. The Kier molecular flexibility index (Phi) is 23.5. The van der Waals surface area contributed by atoms with Gasteiger partial charge in [0.2, 0.25) is 47.3 Å². The van der Waals surface area contributed by atoms with Crippen LogP contribution in [-0.2, 0) is 62.4 Å². The second kappa shape index (κ2) is 30.6. The van der Waals surface area contributed by atoms with Crippen molar-refractivity contribution in [1.29, 1.82) is 0 Å². The van der Waals surface area contributed by atoms with Gasteiger partial charge in [0, 0.05) is 61.7 Å². The summed E-state index contributed by atoms with van der Waals surface area (Å²) in [5.41, 5.74) is 24.7. The predicted molar refractivity (Wildman–Crippen MR) is 277 cm³/mol. The summed E-state index contributed by atoms with van der Waals surface area (Å²) in [5, 5.41) is 26.4. The monoisotopic (exact) mass is 1040 g/mol. The van der Waals surface area contributed by atoms with Gasteiger partial charge in [-0.3, -0.25) is 48.1 Å². The lowest BCUT2D eigenvalue weighted by Crippen LogP contribution is -2.61. The molecule has 25 heteroatoms. The third kappa shape index (κ3) is 20.2. The number of nitrogens with zero attached hydrogens (tertiary/aromatic N) is 2. The summed E-state index contributed by atoms with van der Waals surface area (Å²) in [5.74, 6) is -8.89. The molecule has 4 aromatic rings. The van der Waals surface area contributed by atoms with Crippen molar-refractivity contribution in [3.63, 3.8) is 0 Å². The number of hydrogen-bond donors (Lipinski definition) is 14. The number of nitrogens with one attached hydrogen (secondary N) is 9. The Bertz CT molecular complexity index is 2610. The number of carbonyl (C=O) groups is 9. The number of primary amides is 1. The number of para-hydroxylation sites is 1. The van der Waals surface area contributed by atoms with Gasteiger partial charge in [0.15, 0.2) is 7.37 Å². The number of unbranched alkanes of at least 4 members (excludes halogenated alkanes) is 2. The number of carboxylic acid groups (broad SMARTS) is 1. The lowest BCUT2D eigenvalue weighted by atomic mass is 10.0. The molecule has 0 bridgehead atoms. The highest BCUT2D eigenvalue weighted by molar-refractivity contribution is 5.98. The highest BCUT2D eigenvalue weighted by Crippen LogP contribution is 2.20. The summed E-state index contributed by atoms with van der Waals surface area (Å²) in [4.78, 5) is 136. The number of hydrogen-bond acceptors (Lipinski definition) is 12. The first-order chi connectivity index (χ1) is 36.3. The summed E-state index contributed by atoms with van der Waals surface area (Å²) in [7, 11) is 0. The Hall–Kier alpha value is -8.35. The van der Waals surface area contributed by atoms with E-state index in [0.717, 1.165) is 10.9 Å². The third-order valence-electron chi connectivity index (χ3n) is 11.9. The van der Waals surface area contributed by atoms with Crippen LogP contribution in [0.25, 0.3) is 10.9 Å². The van der Waals surface area contributed by atoms with E-state index in [1.807, 2.05) is 25.1 Å². The van der Waals surface area contributed by atoms with Crippen molar-refractivity contribution in [1.82, 2.24) is 52.2 Å². The first-order valence-corrected chi connectivity index (χ1v) is 24.7. The predicted octanol–water partition coefficient (Wildman–Crippen LogP) is -1.33. The fraction of sp³-hybridized carbons (Fsp3) is 0.460. The van der Waals surface area contributed by atoms with E-state index in [1.54, 1.807) is 42.6 Å². The molecule has 0 aliphatic carbocycles. The first-order valence-electron chi connectivity index (χ1n) is 25.2. The maximum absolute atomic E-state index is 14.7. The van der Waals surface area contributed by atoms with Crippen LogP contribution in [0.15, 0.2) is 78.3 Å². The van der Waals surface area contributed by atoms with Gasteiger partial charge >= 0.3 is 5.97 Å². The smallest absolute Gasteiger partial charge is 0.305 e. The number of aromatic nitrogens is 3. The molecule has 2 aromatic carbocycles. The average molecular weight is 1040 g/mol. The number of guanidine groups is 1. The minimum Gasteiger partial charge on any atom is -0.481 e. The number of aromatic amines is 2. The zero-order chi connectivity index (χ0) is 55.7. The summed E-state index contributed by atoms with van der Waals surface area (Å²) < 4.78 is 9.03. The summed E-state index contributed by atoms with van der Waals surface area (Å²) in [6.07, 6.45) is 5.09. The van der Waals surface area contributed by atoms with Gasteiger partial charge < -0.3 is 75.2 Å². The standard InChI is InChI=1S/C50H71N15O10/c1-3-4-16-36(59-29(2)66)44(70)65-41(25-42(67)68)49(75)64-40(24-32-27-55-28-58-32)48(74)62-38(22-30-13-6-5-7-14-30)46(72)61-37(19-12-21-56-50(53)54)45(71)63-39(23-31-26-57-34-17-9-8-15-33(31)34)47(73)60-35(43(52)69)18-10-11-20-51/h5-9,13-15,17,26-28,35-41,57H,3-4,10-12,16,18-25,51H2,1-2H3,(H2,52,69)(H,55,58)(H,59,66)(H,60,73)(H,61,72)(H,62,74)(H,63,71)(H,64,75)(H,65,70)(H,67,68)(H4,53,54,56)/t35-,36-,37-,38-,39-,40-,41-/m0/s1/i/hD. The van der Waals surface area contributed by atoms with Crippen molar-refractivity contribution in [2.45, 2.75) is 133 Å². The van der Waals surface area contributed by atoms with E-state index in [1.165, 1.54) is 19.4 Å². The molecule has 0 radical (unpaired) electrons. The van der Waals surface area contributed by atoms with Crippen LogP contribution >= 0.6 is 0 Å². The number of carbonyl (C=O) groups excluding carboxylic acids is 8. The van der Waals surface area contributed by atoms with Crippen molar-refractivity contribution in [2.75, 3.05) is 13.1 Å². The van der Waals surface area contributed by atoms with Gasteiger partial charge in [-0.15, -0.1) is 0 Å². The van der Waals surface area contributed by atoms with Crippen LogP contribution in [0.4, 0.5) is 0 Å². The number of benzene rings is 2. The van der Waals surface area contributed by atoms with Crippen LogP contribution in [0, 0.1) is 0 Å². The highest BCUT2D eigenvalue weighted by Gasteiger charge is 2.35. The van der Waals surface area contributed by atoms with E-state index in [4.69, 9.17) is 24.3 Å². The number of nitrogens with two attached hydrogens (primary N) is 4. The Labute approximate surface area is 435 Å². The third-order valence-corrected chi connectivity index (χ3v) is 11.9. The number of H-pyrrole nitrogens is 2. The number of aliphatic imine (C=N–C) groups is 1. The molecule has 0 spiro atoms. The number of fused-ring (bicyclic) bond motifs is 1. The minimum absolute atomic E-state index is 0.0209. The molecule has 4 rings (SSSR count). The van der Waals surface area contributed by atoms with Gasteiger partial charge in [0.1, 0.15) is 42.3 Å². The molecule has 2 heterocycles. The summed E-state index contributed by atoms with van der Waals surface area (Å²) in [6.45, 7) is 3.41. The lowest BCUT2D eigenvalue weighted by molar-refractivity contribution is -0.141. The molecule has 18 N–H and O–H groups in total. The summed E-state index contributed by atoms with van der Waals surface area (Å²) >= 11 is 0. The van der Waals surface area contributed by atoms with E-state index >= 15 is 0 Å². The largest absolute Gasteiger partial charge is 0.481 e. The van der Waals surface area contributed by atoms with Gasteiger partial charge in [-0.1, -0.05) is 68.3 Å². The first kappa shape index (κ1) is 57.5. The van der Waals surface area contributed by atoms with Gasteiger partial charge in [0.25, 0.3) is 0 Å². The molecule has 25 nitrogen and oxygen atoms in total. The van der Waals surface area contributed by atoms with Crippen LogP contribution in [0.2, 0.25) is 1.41 Å². The molecule has 0 aliphatic rings. The average Bonchev–Trinajstić information content (AvgIpc) is 4.06. The molecule has 406 valence electrons. The second-order valence-electron chi connectivity index (χ2n) is 18.0. The van der Waals surface area contributed by atoms with Crippen molar-refractivity contribution >= 4 is 70.1 Å². The molecule has 2 aromatic heterocycles. The van der Waals surface area contributed by atoms with Crippen molar-refractivity contribution in [2.24, 2.45) is 27.9 Å². The number of carboxylic acids is 1. The second-order valence-corrected chi connectivity index (χ2v) is 18.0. The molecule has 0 fully saturated rings. The molecule has 0 saturated heterocycles. The molecular weight excluding hydrogens is 971 g/mol. The molecule has 8 amide bonds. The zero-order valence-corrected chi connectivity index (χ0v) is 42.1. The molecule has 0 aliphatic heterocycles. The van der Waals surface area contributed by atoms with Gasteiger partial charge in [-0.25, -0.2) is 4.98 Å². The summed E-state index contributed by atoms with van der Waals surface area (Å²) in [6, 6.07) is 5.47. The van der Waals surface area contributed by atoms with Crippen molar-refractivity contribution in [3.8, 4) is 0 Å². The van der Waals surface area contributed by atoms with E-state index in [-0.39, 0.29) is 62.0 Å². The number of imidazole rings is 1. The van der Waals surface area contributed by atoms with E-state index in [9.17, 15) is 48.3 Å². The Balaban J connectivity index is 1.70. The van der Waals surface area contributed by atoms with Crippen molar-refractivity contribution < 1.29 is 49.7 Å². The van der Waals surface area contributed by atoms with E-state index < -0.39 is 108 Å². The Morgan fingerprint density at radius 3 is 1.84 bits per heavy atom. The van der Waals surface area contributed by atoms with Crippen LogP contribution in [0.1, 0.15) is 88.5 Å². The molecule has 0 unspecified atom stereocenters.